The molecule has 3 aliphatic rings. The number of nitrogens with zero attached hydrogens (tertiary/aromatic N) is 1. The van der Waals surface area contributed by atoms with Crippen LogP contribution in [0.15, 0.2) is 36.4 Å². The fraction of sp³-hybridized carbons (Fsp3) is 0.458. The number of ether oxygens (including phenoxy) is 3. The van der Waals surface area contributed by atoms with Gasteiger partial charge in [-0.25, -0.2) is 8.42 Å². The number of carbonyl (C=O) groups is 1. The minimum Gasteiger partial charge on any atom is -0.454 e. The van der Waals surface area contributed by atoms with Crippen LogP contribution in [-0.4, -0.2) is 53.2 Å². The predicted octanol–water partition coefficient (Wildman–Crippen LogP) is 2.60. The van der Waals surface area contributed by atoms with E-state index in [1.165, 1.54) is 10.6 Å². The second kappa shape index (κ2) is 8.22. The average molecular weight is 473 g/mol. The van der Waals surface area contributed by atoms with Crippen molar-refractivity contribution in [2.45, 2.75) is 37.6 Å². The molecule has 8 nitrogen and oxygen atoms in total. The van der Waals surface area contributed by atoms with E-state index < -0.39 is 10.0 Å². The van der Waals surface area contributed by atoms with Crippen LogP contribution in [-0.2, 0) is 26.6 Å². The lowest BCUT2D eigenvalue weighted by Gasteiger charge is -2.38. The summed E-state index contributed by atoms with van der Waals surface area (Å²) in [6, 6.07) is 11.1. The SMILES string of the molecule is CC1Cc2cc(C(=O)NCC3(c4ccc5c(c4)OCO5)CCOCC3)ccc2N1S(C)(=O)=O. The third-order valence-corrected chi connectivity index (χ3v) is 8.15. The lowest BCUT2D eigenvalue weighted by atomic mass is 9.74. The van der Waals surface area contributed by atoms with Crippen molar-refractivity contribution in [2.24, 2.45) is 0 Å². The summed E-state index contributed by atoms with van der Waals surface area (Å²) < 4.78 is 42.4. The highest BCUT2D eigenvalue weighted by molar-refractivity contribution is 7.92. The van der Waals surface area contributed by atoms with Gasteiger partial charge < -0.3 is 19.5 Å². The smallest absolute Gasteiger partial charge is 0.251 e. The number of amides is 1. The first kappa shape index (κ1) is 22.0. The summed E-state index contributed by atoms with van der Waals surface area (Å²) in [5, 5.41) is 3.12. The molecule has 33 heavy (non-hydrogen) atoms. The van der Waals surface area contributed by atoms with Gasteiger partial charge in [0.05, 0.1) is 11.9 Å². The fourth-order valence-corrected chi connectivity index (χ4v) is 6.42. The Morgan fingerprint density at radius 2 is 1.88 bits per heavy atom. The highest BCUT2D eigenvalue weighted by Crippen LogP contribution is 2.41. The molecule has 1 fully saturated rings. The first-order chi connectivity index (χ1) is 15.8. The van der Waals surface area contributed by atoms with Gasteiger partial charge in [-0.05, 0) is 67.6 Å². The summed E-state index contributed by atoms with van der Waals surface area (Å²) in [6.45, 7) is 3.82. The van der Waals surface area contributed by atoms with Crippen LogP contribution in [0.4, 0.5) is 5.69 Å². The number of nitrogens with one attached hydrogen (secondary N) is 1. The van der Waals surface area contributed by atoms with Crippen LogP contribution >= 0.6 is 0 Å². The van der Waals surface area contributed by atoms with E-state index in [-0.39, 0.29) is 24.2 Å². The first-order valence-corrected chi connectivity index (χ1v) is 13.0. The van der Waals surface area contributed by atoms with Crippen molar-refractivity contribution in [3.05, 3.63) is 53.1 Å². The lowest BCUT2D eigenvalue weighted by Crippen LogP contribution is -2.44. The van der Waals surface area contributed by atoms with Gasteiger partial charge >= 0.3 is 0 Å². The van der Waals surface area contributed by atoms with E-state index in [2.05, 4.69) is 5.32 Å². The number of sulfonamides is 1. The van der Waals surface area contributed by atoms with Gasteiger partial charge in [-0.2, -0.15) is 0 Å². The van der Waals surface area contributed by atoms with Gasteiger partial charge in [-0.15, -0.1) is 0 Å². The fourth-order valence-electron chi connectivity index (χ4n) is 5.16. The molecule has 1 atom stereocenters. The molecule has 176 valence electrons. The Bertz CT molecular complexity index is 1190. The highest BCUT2D eigenvalue weighted by atomic mass is 32.2. The third-order valence-electron chi connectivity index (χ3n) is 6.87. The minimum absolute atomic E-state index is 0.162. The molecule has 9 heteroatoms. The van der Waals surface area contributed by atoms with Gasteiger partial charge in [-0.1, -0.05) is 6.07 Å². The Kier molecular flexibility index (Phi) is 5.49. The summed E-state index contributed by atoms with van der Waals surface area (Å²) in [6.07, 6.45) is 3.38. The first-order valence-electron chi connectivity index (χ1n) is 11.2. The van der Waals surface area contributed by atoms with Crippen LogP contribution in [0, 0.1) is 0 Å². The molecule has 5 rings (SSSR count). The number of anilines is 1. The number of fused-ring (bicyclic) bond motifs is 2. The van der Waals surface area contributed by atoms with E-state index in [0.29, 0.717) is 37.4 Å². The average Bonchev–Trinajstić information content (AvgIpc) is 3.39. The van der Waals surface area contributed by atoms with Gasteiger partial charge in [0.1, 0.15) is 0 Å². The number of hydrogen-bond acceptors (Lipinski definition) is 6. The third kappa shape index (κ3) is 4.04. The van der Waals surface area contributed by atoms with Gasteiger partial charge in [0.15, 0.2) is 11.5 Å². The number of benzene rings is 2. The van der Waals surface area contributed by atoms with Crippen LogP contribution in [0.1, 0.15) is 41.3 Å². The summed E-state index contributed by atoms with van der Waals surface area (Å²) in [4.78, 5) is 13.1. The van der Waals surface area contributed by atoms with Gasteiger partial charge in [0.2, 0.25) is 16.8 Å². The second-order valence-electron chi connectivity index (χ2n) is 9.10. The van der Waals surface area contributed by atoms with Crippen molar-refractivity contribution in [1.29, 1.82) is 0 Å². The number of rotatable bonds is 5. The van der Waals surface area contributed by atoms with E-state index in [1.807, 2.05) is 31.2 Å². The molecule has 3 heterocycles. The van der Waals surface area contributed by atoms with Crippen LogP contribution in [0.3, 0.4) is 0 Å². The van der Waals surface area contributed by atoms with Crippen LogP contribution in [0.5, 0.6) is 11.5 Å². The van der Waals surface area contributed by atoms with E-state index >= 15 is 0 Å². The molecule has 2 aromatic carbocycles. The van der Waals surface area contributed by atoms with E-state index in [1.54, 1.807) is 12.1 Å². The van der Waals surface area contributed by atoms with Crippen molar-refractivity contribution >= 4 is 21.6 Å². The molecular formula is C24H28N2O6S. The minimum atomic E-state index is -3.36. The van der Waals surface area contributed by atoms with Crippen molar-refractivity contribution in [1.82, 2.24) is 5.32 Å². The largest absolute Gasteiger partial charge is 0.454 e. The quantitative estimate of drug-likeness (QED) is 0.719. The maximum Gasteiger partial charge on any atom is 0.251 e. The van der Waals surface area contributed by atoms with Crippen molar-refractivity contribution < 1.29 is 27.4 Å². The van der Waals surface area contributed by atoms with Gasteiger partial charge in [0, 0.05) is 36.8 Å². The molecule has 3 aliphatic heterocycles. The maximum absolute atomic E-state index is 13.1. The van der Waals surface area contributed by atoms with Crippen molar-refractivity contribution in [2.75, 3.05) is 37.1 Å². The molecule has 0 saturated carbocycles. The van der Waals surface area contributed by atoms with Crippen LogP contribution < -0.4 is 19.1 Å². The number of carbonyl (C=O) groups excluding carboxylic acids is 1. The zero-order valence-corrected chi connectivity index (χ0v) is 19.6. The predicted molar refractivity (Wildman–Crippen MR) is 124 cm³/mol. The van der Waals surface area contributed by atoms with Crippen LogP contribution in [0.2, 0.25) is 0 Å². The molecule has 1 saturated heterocycles. The summed E-state index contributed by atoms with van der Waals surface area (Å²) >= 11 is 0. The molecule has 0 aromatic heterocycles. The normalized spacial score (nSPS) is 21.0. The summed E-state index contributed by atoms with van der Waals surface area (Å²) in [5.41, 5.74) is 2.90. The van der Waals surface area contributed by atoms with E-state index in [9.17, 15) is 13.2 Å². The standard InChI is InChI=1S/C24H28N2O6S/c1-16-11-18-12-17(3-5-20(18)26(16)33(2,28)29)23(27)25-14-24(7-9-30-10-8-24)19-4-6-21-22(13-19)32-15-31-21/h3-6,12-13,16H,7-11,14-15H2,1-2H3,(H,25,27). The molecule has 1 unspecified atom stereocenters. The van der Waals surface area contributed by atoms with Crippen LogP contribution in [0.25, 0.3) is 0 Å². The summed E-state index contributed by atoms with van der Waals surface area (Å²) in [5.74, 6) is 1.29. The van der Waals surface area contributed by atoms with Gasteiger partial charge in [-0.3, -0.25) is 9.10 Å². The van der Waals surface area contributed by atoms with E-state index in [0.717, 1.165) is 35.5 Å². The molecule has 0 spiro atoms. The van der Waals surface area contributed by atoms with Gasteiger partial charge in [0.25, 0.3) is 5.91 Å². The number of hydrogen-bond donors (Lipinski definition) is 1. The Hall–Kier alpha value is -2.78. The molecular weight excluding hydrogens is 444 g/mol. The molecule has 1 amide bonds. The monoisotopic (exact) mass is 472 g/mol. The molecule has 0 aliphatic carbocycles. The maximum atomic E-state index is 13.1. The topological polar surface area (TPSA) is 94.2 Å². The van der Waals surface area contributed by atoms with E-state index in [4.69, 9.17) is 14.2 Å². The molecule has 2 aromatic rings. The lowest BCUT2D eigenvalue weighted by molar-refractivity contribution is 0.0486. The summed E-state index contributed by atoms with van der Waals surface area (Å²) in [7, 11) is -3.36. The molecule has 1 N–H and O–H groups in total. The zero-order valence-electron chi connectivity index (χ0n) is 18.8. The Labute approximate surface area is 193 Å². The Morgan fingerprint density at radius 3 is 2.64 bits per heavy atom. The second-order valence-corrected chi connectivity index (χ2v) is 11.0. The Morgan fingerprint density at radius 1 is 1.12 bits per heavy atom. The zero-order chi connectivity index (χ0) is 23.2. The Balaban J connectivity index is 1.36. The molecule has 0 bridgehead atoms. The molecule has 0 radical (unpaired) electrons. The highest BCUT2D eigenvalue weighted by Gasteiger charge is 2.37. The van der Waals surface area contributed by atoms with Crippen molar-refractivity contribution in [3.8, 4) is 11.5 Å². The van der Waals surface area contributed by atoms with Crippen molar-refractivity contribution in [3.63, 3.8) is 0 Å².